The van der Waals surface area contributed by atoms with E-state index < -0.39 is 9.84 Å². The summed E-state index contributed by atoms with van der Waals surface area (Å²) in [7, 11) is -3.38. The van der Waals surface area contributed by atoms with Gasteiger partial charge in [-0.05, 0) is 56.1 Å². The second-order valence-electron chi connectivity index (χ2n) is 8.53. The first-order chi connectivity index (χ1) is 15.4. The molecule has 2 aromatic heterocycles. The van der Waals surface area contributed by atoms with Crippen LogP contribution in [0.25, 0.3) is 11.0 Å². The number of nitrogens with one attached hydrogen (secondary N) is 1. The highest BCUT2D eigenvalue weighted by molar-refractivity contribution is 7.91. The third-order valence-corrected chi connectivity index (χ3v) is 8.25. The van der Waals surface area contributed by atoms with Crippen molar-refractivity contribution in [3.63, 3.8) is 0 Å². The van der Waals surface area contributed by atoms with E-state index in [-0.39, 0.29) is 22.1 Å². The first-order valence-corrected chi connectivity index (χ1v) is 12.5. The highest BCUT2D eigenvalue weighted by atomic mass is 32.2. The number of nitrogens with zero attached hydrogens (tertiary/aromatic N) is 4. The molecule has 2 fully saturated rings. The highest BCUT2D eigenvalue weighted by Gasteiger charge is 2.53. The quantitative estimate of drug-likeness (QED) is 0.579. The summed E-state index contributed by atoms with van der Waals surface area (Å²) >= 11 is 0. The second-order valence-corrected chi connectivity index (χ2v) is 10.6. The van der Waals surface area contributed by atoms with Crippen molar-refractivity contribution >= 4 is 32.6 Å². The van der Waals surface area contributed by atoms with Crippen LogP contribution in [0.4, 0.5) is 5.82 Å². The largest absolute Gasteiger partial charge is 0.352 e. The summed E-state index contributed by atoms with van der Waals surface area (Å²) in [6.45, 7) is 2.32. The molecule has 1 aliphatic heterocycles. The molecule has 1 aliphatic carbocycles. The first-order valence-electron chi connectivity index (χ1n) is 10.8. The number of piperazine rings is 1. The number of hydrogen-bond acceptors (Lipinski definition) is 7. The van der Waals surface area contributed by atoms with E-state index in [1.807, 2.05) is 17.2 Å². The Balaban J connectivity index is 1.33. The van der Waals surface area contributed by atoms with Gasteiger partial charge in [0.25, 0.3) is 5.91 Å². The van der Waals surface area contributed by atoms with Crippen molar-refractivity contribution in [3.8, 4) is 0 Å². The summed E-state index contributed by atoms with van der Waals surface area (Å²) in [6.07, 6.45) is 5.73. The van der Waals surface area contributed by atoms with Crippen LogP contribution in [0.15, 0.2) is 47.8 Å². The van der Waals surface area contributed by atoms with Gasteiger partial charge in [-0.1, -0.05) is 0 Å². The number of fused-ring (bicyclic) bond motifs is 1. The molecular formula is C22H26N6O3S. The lowest BCUT2D eigenvalue weighted by Crippen LogP contribution is -2.57. The maximum absolute atomic E-state index is 13.3. The summed E-state index contributed by atoms with van der Waals surface area (Å²) in [6, 6.07) is 8.27. The molecule has 3 aromatic rings. The van der Waals surface area contributed by atoms with Crippen molar-refractivity contribution in [1.29, 1.82) is 0 Å². The topological polar surface area (TPSA) is 125 Å². The Morgan fingerprint density at radius 3 is 2.62 bits per heavy atom. The van der Waals surface area contributed by atoms with Crippen molar-refractivity contribution in [2.75, 3.05) is 36.8 Å². The molecule has 0 unspecified atom stereocenters. The molecule has 32 heavy (non-hydrogen) atoms. The molecule has 10 heteroatoms. The van der Waals surface area contributed by atoms with E-state index in [9.17, 15) is 13.2 Å². The molecule has 1 aromatic carbocycles. The Morgan fingerprint density at radius 2 is 1.91 bits per heavy atom. The second kappa shape index (κ2) is 7.86. The third kappa shape index (κ3) is 3.63. The zero-order valence-electron chi connectivity index (χ0n) is 17.7. The summed E-state index contributed by atoms with van der Waals surface area (Å²) in [5.41, 5.74) is 6.55. The van der Waals surface area contributed by atoms with Crippen LogP contribution in [0.2, 0.25) is 0 Å². The van der Waals surface area contributed by atoms with E-state index in [1.165, 1.54) is 12.1 Å². The van der Waals surface area contributed by atoms with Gasteiger partial charge in [0.1, 0.15) is 17.8 Å². The lowest BCUT2D eigenvalue weighted by molar-refractivity contribution is 0.0624. The molecule has 0 bridgehead atoms. The number of carbonyl (C=O) groups is 1. The van der Waals surface area contributed by atoms with Crippen LogP contribution in [0.3, 0.4) is 0 Å². The summed E-state index contributed by atoms with van der Waals surface area (Å²) in [5.74, 6) is 0.850. The Labute approximate surface area is 186 Å². The molecule has 2 aliphatic rings. The number of carbonyl (C=O) groups excluding carboxylic acids is 1. The van der Waals surface area contributed by atoms with Crippen LogP contribution in [-0.4, -0.2) is 71.6 Å². The number of sulfone groups is 1. The van der Waals surface area contributed by atoms with Crippen LogP contribution in [0.5, 0.6) is 0 Å². The van der Waals surface area contributed by atoms with Crippen molar-refractivity contribution < 1.29 is 13.2 Å². The molecule has 9 nitrogen and oxygen atoms in total. The van der Waals surface area contributed by atoms with E-state index in [4.69, 9.17) is 5.73 Å². The smallest absolute Gasteiger partial charge is 0.254 e. The molecule has 1 saturated carbocycles. The average Bonchev–Trinajstić information content (AvgIpc) is 3.38. The van der Waals surface area contributed by atoms with Crippen molar-refractivity contribution in [2.24, 2.45) is 5.73 Å². The zero-order chi connectivity index (χ0) is 22.3. The predicted molar refractivity (Wildman–Crippen MR) is 121 cm³/mol. The molecule has 3 heterocycles. The van der Waals surface area contributed by atoms with Gasteiger partial charge in [0, 0.05) is 31.4 Å². The van der Waals surface area contributed by atoms with E-state index in [1.54, 1.807) is 18.5 Å². The van der Waals surface area contributed by atoms with E-state index in [0.717, 1.165) is 36.2 Å². The number of H-pyrrole nitrogens is 1. The van der Waals surface area contributed by atoms with Gasteiger partial charge < -0.3 is 20.5 Å². The minimum atomic E-state index is -3.38. The third-order valence-electron chi connectivity index (χ3n) is 6.43. The van der Waals surface area contributed by atoms with Crippen LogP contribution in [-0.2, 0) is 9.84 Å². The number of amides is 1. The summed E-state index contributed by atoms with van der Waals surface area (Å²) in [4.78, 5) is 29.6. The summed E-state index contributed by atoms with van der Waals surface area (Å²) in [5, 5.41) is 0.981. The maximum atomic E-state index is 13.3. The minimum absolute atomic E-state index is 0.0132. The lowest BCUT2D eigenvalue weighted by atomic mass is 10.1. The molecule has 0 atom stereocenters. The molecule has 3 N–H and O–H groups in total. The van der Waals surface area contributed by atoms with Gasteiger partial charge in [0.05, 0.1) is 21.6 Å². The number of rotatable bonds is 6. The van der Waals surface area contributed by atoms with Gasteiger partial charge in [-0.3, -0.25) is 4.79 Å². The van der Waals surface area contributed by atoms with Gasteiger partial charge in [0.2, 0.25) is 0 Å². The number of anilines is 1. The van der Waals surface area contributed by atoms with Crippen LogP contribution < -0.4 is 10.6 Å². The molecular weight excluding hydrogens is 428 g/mol. The van der Waals surface area contributed by atoms with E-state index >= 15 is 0 Å². The fraction of sp³-hybridized carbons (Fsp3) is 0.409. The molecule has 1 saturated heterocycles. The fourth-order valence-electron chi connectivity index (χ4n) is 4.51. The lowest BCUT2D eigenvalue weighted by Gasteiger charge is -2.42. The molecule has 0 radical (unpaired) electrons. The minimum Gasteiger partial charge on any atom is -0.352 e. The van der Waals surface area contributed by atoms with Crippen LogP contribution in [0, 0.1) is 0 Å². The Bertz CT molecular complexity index is 1250. The zero-order valence-corrected chi connectivity index (χ0v) is 18.5. The monoisotopic (exact) mass is 454 g/mol. The standard InChI is InChI=1S/C22H26N6O3S/c23-9-1-13-32(30,31)17-4-2-16(3-5-17)21(29)28-12-11-27(14-22(28)7-8-22)20-18-6-10-24-19(18)25-15-26-20/h2-6,10,15H,1,7-9,11-14,23H2,(H,24,25,26). The van der Waals surface area contributed by atoms with Gasteiger partial charge in [0.15, 0.2) is 9.84 Å². The molecule has 5 rings (SSSR count). The number of nitrogens with two attached hydrogens (primary N) is 1. The van der Waals surface area contributed by atoms with Crippen LogP contribution in [0.1, 0.15) is 29.6 Å². The van der Waals surface area contributed by atoms with Gasteiger partial charge in [-0.2, -0.15) is 0 Å². The number of hydrogen-bond donors (Lipinski definition) is 2. The maximum Gasteiger partial charge on any atom is 0.254 e. The first kappa shape index (κ1) is 20.9. The molecule has 1 amide bonds. The highest BCUT2D eigenvalue weighted by Crippen LogP contribution is 2.46. The Kier molecular flexibility index (Phi) is 5.13. The van der Waals surface area contributed by atoms with E-state index in [2.05, 4.69) is 19.9 Å². The van der Waals surface area contributed by atoms with Gasteiger partial charge in [-0.15, -0.1) is 0 Å². The van der Waals surface area contributed by atoms with Crippen molar-refractivity contribution in [3.05, 3.63) is 48.4 Å². The van der Waals surface area contributed by atoms with Crippen LogP contribution >= 0.6 is 0 Å². The number of benzene rings is 1. The normalized spacial score (nSPS) is 17.8. The number of aromatic nitrogens is 3. The number of aromatic amines is 1. The molecule has 168 valence electrons. The van der Waals surface area contributed by atoms with E-state index in [0.29, 0.717) is 31.6 Å². The SMILES string of the molecule is NCCCS(=O)(=O)c1ccc(C(=O)N2CCN(c3ncnc4[nH]ccc34)CC23CC3)cc1. The predicted octanol–water partition coefficient (Wildman–Crippen LogP) is 1.58. The fourth-order valence-corrected chi connectivity index (χ4v) is 5.84. The summed E-state index contributed by atoms with van der Waals surface area (Å²) < 4.78 is 24.7. The Hall–Kier alpha value is -2.98. The van der Waals surface area contributed by atoms with Gasteiger partial charge in [-0.25, -0.2) is 18.4 Å². The average molecular weight is 455 g/mol. The molecule has 1 spiro atoms. The van der Waals surface area contributed by atoms with Gasteiger partial charge >= 0.3 is 0 Å². The van der Waals surface area contributed by atoms with Crippen molar-refractivity contribution in [2.45, 2.75) is 29.7 Å². The van der Waals surface area contributed by atoms with Crippen molar-refractivity contribution in [1.82, 2.24) is 19.9 Å². The Morgan fingerprint density at radius 1 is 1.12 bits per heavy atom.